The molecule has 1 heterocycles. The van der Waals surface area contributed by atoms with E-state index in [4.69, 9.17) is 0 Å². The molecule has 15 heavy (non-hydrogen) atoms. The lowest BCUT2D eigenvalue weighted by atomic mass is 10.0. The third kappa shape index (κ3) is 4.42. The molecule has 4 heteroatoms. The van der Waals surface area contributed by atoms with E-state index >= 15 is 0 Å². The molecule has 0 aliphatic carbocycles. The maximum atomic E-state index is 4.22. The Morgan fingerprint density at radius 3 is 2.73 bits per heavy atom. The van der Waals surface area contributed by atoms with Gasteiger partial charge in [-0.05, 0) is 31.7 Å². The number of aromatic nitrogens is 3. The van der Waals surface area contributed by atoms with Crippen LogP contribution in [0, 0.1) is 5.92 Å². The first kappa shape index (κ1) is 12.2. The Morgan fingerprint density at radius 2 is 2.20 bits per heavy atom. The number of nitrogens with zero attached hydrogens (tertiary/aromatic N) is 2. The first-order valence-electron chi connectivity index (χ1n) is 5.82. The second-order valence-corrected chi connectivity index (χ2v) is 4.35. The predicted molar refractivity (Wildman–Crippen MR) is 61.5 cm³/mol. The van der Waals surface area contributed by atoms with Gasteiger partial charge in [0.2, 0.25) is 0 Å². The van der Waals surface area contributed by atoms with Crippen molar-refractivity contribution in [3.05, 3.63) is 12.2 Å². The van der Waals surface area contributed by atoms with E-state index < -0.39 is 0 Å². The Labute approximate surface area is 91.9 Å². The lowest BCUT2D eigenvalue weighted by Gasteiger charge is -2.16. The number of rotatable bonds is 7. The van der Waals surface area contributed by atoms with E-state index in [1.165, 1.54) is 6.42 Å². The zero-order valence-electron chi connectivity index (χ0n) is 9.95. The number of hydrogen-bond donors (Lipinski definition) is 2. The lowest BCUT2D eigenvalue weighted by molar-refractivity contribution is 0.427. The van der Waals surface area contributed by atoms with Gasteiger partial charge >= 0.3 is 0 Å². The van der Waals surface area contributed by atoms with Crippen LogP contribution in [0.1, 0.15) is 51.9 Å². The fourth-order valence-corrected chi connectivity index (χ4v) is 1.54. The molecule has 0 bridgehead atoms. The van der Waals surface area contributed by atoms with Gasteiger partial charge in [0, 0.05) is 0 Å². The third-order valence-corrected chi connectivity index (χ3v) is 2.44. The Balaban J connectivity index is 2.46. The summed E-state index contributed by atoms with van der Waals surface area (Å²) < 4.78 is 0. The first-order chi connectivity index (χ1) is 7.24. The second-order valence-electron chi connectivity index (χ2n) is 4.35. The molecule has 1 aromatic heterocycles. The second kappa shape index (κ2) is 6.56. The molecular weight excluding hydrogens is 188 g/mol. The first-order valence-corrected chi connectivity index (χ1v) is 5.82. The largest absolute Gasteiger partial charge is 0.307 e. The van der Waals surface area contributed by atoms with Crippen molar-refractivity contribution in [1.82, 2.24) is 20.5 Å². The third-order valence-electron chi connectivity index (χ3n) is 2.44. The van der Waals surface area contributed by atoms with Crippen LogP contribution in [0.4, 0.5) is 0 Å². The monoisotopic (exact) mass is 210 g/mol. The Hall–Kier alpha value is -0.900. The summed E-state index contributed by atoms with van der Waals surface area (Å²) in [5, 5.41) is 10.3. The molecule has 0 fully saturated rings. The summed E-state index contributed by atoms with van der Waals surface area (Å²) >= 11 is 0. The van der Waals surface area contributed by atoms with Crippen molar-refractivity contribution in [2.75, 3.05) is 6.54 Å². The molecule has 2 N–H and O–H groups in total. The van der Waals surface area contributed by atoms with Crippen molar-refractivity contribution >= 4 is 0 Å². The van der Waals surface area contributed by atoms with Gasteiger partial charge in [-0.2, -0.15) is 5.10 Å². The highest BCUT2D eigenvalue weighted by atomic mass is 15.2. The van der Waals surface area contributed by atoms with E-state index in [2.05, 4.69) is 41.3 Å². The van der Waals surface area contributed by atoms with Crippen molar-refractivity contribution in [2.24, 2.45) is 5.92 Å². The van der Waals surface area contributed by atoms with E-state index in [0.717, 1.165) is 31.1 Å². The van der Waals surface area contributed by atoms with Gasteiger partial charge in [0.15, 0.2) is 0 Å². The molecule has 1 atom stereocenters. The van der Waals surface area contributed by atoms with Crippen LogP contribution in [-0.2, 0) is 0 Å². The van der Waals surface area contributed by atoms with Crippen LogP contribution < -0.4 is 5.32 Å². The van der Waals surface area contributed by atoms with E-state index in [1.54, 1.807) is 6.33 Å². The van der Waals surface area contributed by atoms with Gasteiger partial charge in [-0.15, -0.1) is 0 Å². The molecule has 0 amide bonds. The van der Waals surface area contributed by atoms with Gasteiger partial charge in [0.25, 0.3) is 0 Å². The molecule has 0 radical (unpaired) electrons. The zero-order chi connectivity index (χ0) is 11.1. The van der Waals surface area contributed by atoms with E-state index in [1.807, 2.05) is 0 Å². The van der Waals surface area contributed by atoms with Gasteiger partial charge in [-0.1, -0.05) is 20.8 Å². The molecule has 0 aromatic carbocycles. The summed E-state index contributed by atoms with van der Waals surface area (Å²) in [5.41, 5.74) is 0. The molecule has 0 aliphatic heterocycles. The number of H-pyrrole nitrogens is 1. The number of hydrogen-bond acceptors (Lipinski definition) is 3. The van der Waals surface area contributed by atoms with Crippen molar-refractivity contribution in [2.45, 2.75) is 46.1 Å². The summed E-state index contributed by atoms with van der Waals surface area (Å²) in [6.07, 6.45) is 5.05. The normalized spacial score (nSPS) is 13.3. The van der Waals surface area contributed by atoms with Gasteiger partial charge < -0.3 is 5.32 Å². The minimum atomic E-state index is 0.329. The van der Waals surface area contributed by atoms with Crippen molar-refractivity contribution in [3.63, 3.8) is 0 Å². The van der Waals surface area contributed by atoms with Crippen LogP contribution in [-0.4, -0.2) is 21.7 Å². The molecule has 0 aliphatic rings. The van der Waals surface area contributed by atoms with E-state index in [-0.39, 0.29) is 0 Å². The molecular formula is C11H22N4. The van der Waals surface area contributed by atoms with Crippen molar-refractivity contribution in [1.29, 1.82) is 0 Å². The average Bonchev–Trinajstić information content (AvgIpc) is 2.71. The molecule has 4 nitrogen and oxygen atoms in total. The Kier molecular flexibility index (Phi) is 5.32. The maximum Gasteiger partial charge on any atom is 0.141 e. The fraction of sp³-hybridized carbons (Fsp3) is 0.818. The molecule has 0 saturated carbocycles. The summed E-state index contributed by atoms with van der Waals surface area (Å²) in [6, 6.07) is 0.329. The minimum Gasteiger partial charge on any atom is -0.307 e. The standard InChI is InChI=1S/C11H22N4/c1-4-7-12-10(6-5-9(2)3)11-13-8-14-15-11/h8-10,12H,4-7H2,1-3H3,(H,13,14,15). The SMILES string of the molecule is CCCNC(CCC(C)C)c1ncn[nH]1. The van der Waals surface area contributed by atoms with Crippen molar-refractivity contribution < 1.29 is 0 Å². The van der Waals surface area contributed by atoms with Gasteiger partial charge in [0.05, 0.1) is 6.04 Å². The fourth-order valence-electron chi connectivity index (χ4n) is 1.54. The smallest absolute Gasteiger partial charge is 0.141 e. The summed E-state index contributed by atoms with van der Waals surface area (Å²) in [7, 11) is 0. The molecule has 86 valence electrons. The maximum absolute atomic E-state index is 4.22. The lowest BCUT2D eigenvalue weighted by Crippen LogP contribution is -2.23. The van der Waals surface area contributed by atoms with Crippen LogP contribution >= 0.6 is 0 Å². The molecule has 1 unspecified atom stereocenters. The molecule has 1 rings (SSSR count). The summed E-state index contributed by atoms with van der Waals surface area (Å²) in [6.45, 7) is 7.70. The van der Waals surface area contributed by atoms with Crippen LogP contribution in [0.5, 0.6) is 0 Å². The molecule has 1 aromatic rings. The highest BCUT2D eigenvalue weighted by Crippen LogP contribution is 2.17. The van der Waals surface area contributed by atoms with Gasteiger partial charge in [-0.3, -0.25) is 5.10 Å². The van der Waals surface area contributed by atoms with Crippen LogP contribution in [0.3, 0.4) is 0 Å². The highest BCUT2D eigenvalue weighted by molar-refractivity contribution is 4.91. The predicted octanol–water partition coefficient (Wildman–Crippen LogP) is 2.28. The average molecular weight is 210 g/mol. The van der Waals surface area contributed by atoms with Crippen molar-refractivity contribution in [3.8, 4) is 0 Å². The van der Waals surface area contributed by atoms with Crippen LogP contribution in [0.15, 0.2) is 6.33 Å². The summed E-state index contributed by atoms with van der Waals surface area (Å²) in [5.74, 6) is 1.70. The Bertz CT molecular complexity index is 243. The van der Waals surface area contributed by atoms with Crippen LogP contribution in [0.2, 0.25) is 0 Å². The Morgan fingerprint density at radius 1 is 1.40 bits per heavy atom. The number of nitrogens with one attached hydrogen (secondary N) is 2. The quantitative estimate of drug-likeness (QED) is 0.726. The topological polar surface area (TPSA) is 53.6 Å². The van der Waals surface area contributed by atoms with E-state index in [9.17, 15) is 0 Å². The van der Waals surface area contributed by atoms with Crippen LogP contribution in [0.25, 0.3) is 0 Å². The van der Waals surface area contributed by atoms with Gasteiger partial charge in [-0.25, -0.2) is 4.98 Å². The molecule has 0 spiro atoms. The zero-order valence-corrected chi connectivity index (χ0v) is 9.95. The number of aromatic amines is 1. The van der Waals surface area contributed by atoms with Gasteiger partial charge in [0.1, 0.15) is 12.2 Å². The highest BCUT2D eigenvalue weighted by Gasteiger charge is 2.13. The minimum absolute atomic E-state index is 0.329. The van der Waals surface area contributed by atoms with E-state index in [0.29, 0.717) is 6.04 Å². The summed E-state index contributed by atoms with van der Waals surface area (Å²) in [4.78, 5) is 4.22. The molecule has 0 saturated heterocycles.